The van der Waals surface area contributed by atoms with Crippen molar-refractivity contribution in [3.05, 3.63) is 28.3 Å². The van der Waals surface area contributed by atoms with Crippen LogP contribution < -0.4 is 10.1 Å². The summed E-state index contributed by atoms with van der Waals surface area (Å²) in [4.78, 5) is 21.1. The van der Waals surface area contributed by atoms with Crippen LogP contribution in [0.5, 0.6) is 5.75 Å². The Morgan fingerprint density at radius 1 is 1.45 bits per heavy atom. The largest absolute Gasteiger partial charge is 0.480 e. The third-order valence-electron chi connectivity index (χ3n) is 2.72. The van der Waals surface area contributed by atoms with Gasteiger partial charge in [0.15, 0.2) is 0 Å². The van der Waals surface area contributed by atoms with E-state index >= 15 is 0 Å². The molecule has 0 fully saturated rings. The van der Waals surface area contributed by atoms with Crippen molar-refractivity contribution in [2.75, 3.05) is 5.32 Å². The van der Waals surface area contributed by atoms with Crippen LogP contribution in [0.3, 0.4) is 0 Å². The van der Waals surface area contributed by atoms with Crippen molar-refractivity contribution in [1.29, 1.82) is 0 Å². The Labute approximate surface area is 125 Å². The SMILES string of the molecule is CC(C)C[C@@H](Nc1ccc([N+](=O)[O-])c(OC(F)F)c1)C(=O)O. The third kappa shape index (κ3) is 5.15. The van der Waals surface area contributed by atoms with E-state index in [1.807, 2.05) is 13.8 Å². The number of carboxylic acids is 1. The number of rotatable bonds is 8. The molecule has 1 atom stereocenters. The summed E-state index contributed by atoms with van der Waals surface area (Å²) in [6.07, 6.45) is 0.303. The van der Waals surface area contributed by atoms with Crippen LogP contribution in [0.4, 0.5) is 20.2 Å². The predicted octanol–water partition coefficient (Wildman–Crippen LogP) is 3.11. The molecule has 0 saturated carbocycles. The summed E-state index contributed by atoms with van der Waals surface area (Å²) in [6, 6.07) is 2.27. The first-order valence-electron chi connectivity index (χ1n) is 6.43. The maximum atomic E-state index is 12.3. The Morgan fingerprint density at radius 3 is 2.55 bits per heavy atom. The molecule has 0 bridgehead atoms. The number of nitro groups is 1. The lowest BCUT2D eigenvalue weighted by Gasteiger charge is -2.18. The molecule has 0 amide bonds. The van der Waals surface area contributed by atoms with Gasteiger partial charge < -0.3 is 15.2 Å². The van der Waals surface area contributed by atoms with E-state index in [0.29, 0.717) is 6.42 Å². The summed E-state index contributed by atoms with van der Waals surface area (Å²) >= 11 is 0. The third-order valence-corrected chi connectivity index (χ3v) is 2.72. The van der Waals surface area contributed by atoms with Crippen molar-refractivity contribution < 1.29 is 28.3 Å². The fraction of sp³-hybridized carbons (Fsp3) is 0.462. The quantitative estimate of drug-likeness (QED) is 0.564. The second-order valence-electron chi connectivity index (χ2n) is 4.98. The molecule has 0 aliphatic heterocycles. The minimum atomic E-state index is -3.22. The van der Waals surface area contributed by atoms with Crippen molar-refractivity contribution in [3.8, 4) is 5.75 Å². The monoisotopic (exact) mass is 318 g/mol. The number of carbonyl (C=O) groups is 1. The van der Waals surface area contributed by atoms with Crippen LogP contribution >= 0.6 is 0 Å². The zero-order valence-corrected chi connectivity index (χ0v) is 12.0. The Morgan fingerprint density at radius 2 is 2.09 bits per heavy atom. The van der Waals surface area contributed by atoms with Gasteiger partial charge in [0.2, 0.25) is 5.75 Å². The Bertz CT molecular complexity index is 551. The van der Waals surface area contributed by atoms with E-state index in [2.05, 4.69) is 10.1 Å². The van der Waals surface area contributed by atoms with Crippen LogP contribution in [0, 0.1) is 16.0 Å². The van der Waals surface area contributed by atoms with Crippen molar-refractivity contribution >= 4 is 17.3 Å². The highest BCUT2D eigenvalue weighted by molar-refractivity contribution is 5.77. The fourth-order valence-electron chi connectivity index (χ4n) is 1.84. The first-order chi connectivity index (χ1) is 10.2. The summed E-state index contributed by atoms with van der Waals surface area (Å²) in [5.74, 6) is -1.65. The normalized spacial score (nSPS) is 12.3. The number of ether oxygens (including phenoxy) is 1. The molecular weight excluding hydrogens is 302 g/mol. The number of alkyl halides is 2. The lowest BCUT2D eigenvalue weighted by molar-refractivity contribution is -0.386. The van der Waals surface area contributed by atoms with Gasteiger partial charge in [0.1, 0.15) is 6.04 Å². The van der Waals surface area contributed by atoms with Gasteiger partial charge in [0.25, 0.3) is 0 Å². The zero-order chi connectivity index (χ0) is 16.9. The topological polar surface area (TPSA) is 102 Å². The highest BCUT2D eigenvalue weighted by Gasteiger charge is 2.22. The first-order valence-corrected chi connectivity index (χ1v) is 6.43. The highest BCUT2D eigenvalue weighted by atomic mass is 19.3. The van der Waals surface area contributed by atoms with Crippen LogP contribution in [0.15, 0.2) is 18.2 Å². The second-order valence-corrected chi connectivity index (χ2v) is 4.98. The summed E-state index contributed by atoms with van der Waals surface area (Å²) in [6.45, 7) is 0.442. The lowest BCUT2D eigenvalue weighted by atomic mass is 10.0. The van der Waals surface area contributed by atoms with Gasteiger partial charge in [-0.25, -0.2) is 4.79 Å². The molecule has 0 radical (unpaired) electrons. The summed E-state index contributed by atoms with van der Waals surface area (Å²) in [5, 5.41) is 22.5. The summed E-state index contributed by atoms with van der Waals surface area (Å²) in [5.41, 5.74) is -0.476. The molecule has 0 aliphatic rings. The molecule has 0 aliphatic carbocycles. The zero-order valence-electron chi connectivity index (χ0n) is 12.0. The van der Waals surface area contributed by atoms with E-state index in [4.69, 9.17) is 5.11 Å². The predicted molar refractivity (Wildman–Crippen MR) is 74.2 cm³/mol. The van der Waals surface area contributed by atoms with Crippen molar-refractivity contribution in [1.82, 2.24) is 0 Å². The maximum absolute atomic E-state index is 12.3. The van der Waals surface area contributed by atoms with Crippen molar-refractivity contribution in [3.63, 3.8) is 0 Å². The Kier molecular flexibility index (Phi) is 6.02. The number of carboxylic acid groups (broad SMARTS) is 1. The molecule has 1 aromatic rings. The minimum Gasteiger partial charge on any atom is -0.480 e. The molecule has 22 heavy (non-hydrogen) atoms. The number of aliphatic carboxylic acids is 1. The average Bonchev–Trinajstić information content (AvgIpc) is 2.36. The number of nitro benzene ring substituents is 1. The first kappa shape index (κ1) is 17.6. The Hall–Kier alpha value is -2.45. The number of nitrogens with zero attached hydrogens (tertiary/aromatic N) is 1. The van der Waals surface area contributed by atoms with E-state index in [-0.39, 0.29) is 11.6 Å². The fourth-order valence-corrected chi connectivity index (χ4v) is 1.84. The van der Waals surface area contributed by atoms with Gasteiger partial charge in [-0.1, -0.05) is 13.8 Å². The molecular formula is C13H16F2N2O5. The molecule has 0 saturated heterocycles. The second kappa shape index (κ2) is 7.53. The number of nitrogens with one attached hydrogen (secondary N) is 1. The molecule has 9 heteroatoms. The van der Waals surface area contributed by atoms with Gasteiger partial charge in [-0.05, 0) is 18.4 Å². The van der Waals surface area contributed by atoms with Gasteiger partial charge >= 0.3 is 18.3 Å². The summed E-state index contributed by atoms with van der Waals surface area (Å²) < 4.78 is 28.7. The van der Waals surface area contributed by atoms with Gasteiger partial charge in [-0.15, -0.1) is 0 Å². The molecule has 122 valence electrons. The molecule has 0 aromatic heterocycles. The molecule has 2 N–H and O–H groups in total. The number of hydrogen-bond donors (Lipinski definition) is 2. The highest BCUT2D eigenvalue weighted by Crippen LogP contribution is 2.31. The van der Waals surface area contributed by atoms with Gasteiger partial charge in [-0.3, -0.25) is 10.1 Å². The van der Waals surface area contributed by atoms with E-state index in [1.165, 1.54) is 6.07 Å². The van der Waals surface area contributed by atoms with Gasteiger partial charge in [-0.2, -0.15) is 8.78 Å². The molecule has 7 nitrogen and oxygen atoms in total. The van der Waals surface area contributed by atoms with Crippen LogP contribution in [-0.2, 0) is 4.79 Å². The molecule has 1 aromatic carbocycles. The number of benzene rings is 1. The van der Waals surface area contributed by atoms with Gasteiger partial charge in [0, 0.05) is 17.8 Å². The summed E-state index contributed by atoms with van der Waals surface area (Å²) in [7, 11) is 0. The average molecular weight is 318 g/mol. The molecule has 1 rings (SSSR count). The number of halogens is 2. The standard InChI is InChI=1S/C13H16F2N2O5/c1-7(2)5-9(12(18)19)16-8-3-4-10(17(20)21)11(6-8)22-13(14)15/h3-4,6-7,9,13,16H,5H2,1-2H3,(H,18,19)/t9-/m1/s1. The van der Waals surface area contributed by atoms with Crippen molar-refractivity contribution in [2.45, 2.75) is 32.9 Å². The van der Waals surface area contributed by atoms with E-state index in [1.54, 1.807) is 0 Å². The van der Waals surface area contributed by atoms with Gasteiger partial charge in [0.05, 0.1) is 4.92 Å². The molecule has 0 unspecified atom stereocenters. The lowest BCUT2D eigenvalue weighted by Crippen LogP contribution is -2.30. The smallest absolute Gasteiger partial charge is 0.387 e. The maximum Gasteiger partial charge on any atom is 0.387 e. The van der Waals surface area contributed by atoms with Crippen LogP contribution in [-0.4, -0.2) is 28.7 Å². The van der Waals surface area contributed by atoms with E-state index in [9.17, 15) is 23.7 Å². The van der Waals surface area contributed by atoms with Crippen LogP contribution in [0.2, 0.25) is 0 Å². The van der Waals surface area contributed by atoms with Crippen LogP contribution in [0.1, 0.15) is 20.3 Å². The van der Waals surface area contributed by atoms with Crippen LogP contribution in [0.25, 0.3) is 0 Å². The number of hydrogen-bond acceptors (Lipinski definition) is 5. The molecule has 0 spiro atoms. The minimum absolute atomic E-state index is 0.0865. The molecule has 0 heterocycles. The van der Waals surface area contributed by atoms with E-state index < -0.39 is 35.0 Å². The number of anilines is 1. The van der Waals surface area contributed by atoms with E-state index in [0.717, 1.165) is 12.1 Å². The Balaban J connectivity index is 3.04. The van der Waals surface area contributed by atoms with Crippen molar-refractivity contribution in [2.24, 2.45) is 5.92 Å².